The van der Waals surface area contributed by atoms with Crippen LogP contribution in [-0.4, -0.2) is 39.3 Å². The summed E-state index contributed by atoms with van der Waals surface area (Å²) in [5.41, 5.74) is 3.06. The molecule has 1 aliphatic carbocycles. The van der Waals surface area contributed by atoms with Crippen molar-refractivity contribution in [1.82, 2.24) is 19.7 Å². The van der Waals surface area contributed by atoms with E-state index in [1.165, 1.54) is 25.9 Å². The summed E-state index contributed by atoms with van der Waals surface area (Å²) in [6, 6.07) is 1.94. The summed E-state index contributed by atoms with van der Waals surface area (Å²) in [7, 11) is 1.97. The average Bonchev–Trinajstić information content (AvgIpc) is 2.79. The zero-order valence-corrected chi connectivity index (χ0v) is 13.5. The van der Waals surface area contributed by atoms with Gasteiger partial charge in [-0.05, 0) is 62.6 Å². The van der Waals surface area contributed by atoms with E-state index in [4.69, 9.17) is 0 Å². The number of aromatic nitrogens is 3. The van der Waals surface area contributed by atoms with Gasteiger partial charge in [0, 0.05) is 30.7 Å². The Labute approximate surface area is 135 Å². The van der Waals surface area contributed by atoms with Crippen molar-refractivity contribution in [3.8, 4) is 0 Å². The van der Waals surface area contributed by atoms with Gasteiger partial charge >= 0.3 is 0 Å². The number of hydrogen-bond acceptors (Lipinski definition) is 4. The third-order valence-corrected chi connectivity index (χ3v) is 6.37. The Kier molecular flexibility index (Phi) is 2.89. The van der Waals surface area contributed by atoms with Crippen molar-refractivity contribution in [3.63, 3.8) is 0 Å². The number of fused-ring (bicyclic) bond motifs is 3. The van der Waals surface area contributed by atoms with Gasteiger partial charge in [-0.25, -0.2) is 4.98 Å². The maximum Gasteiger partial charge on any atom is 0.273 e. The normalized spacial score (nSPS) is 32.4. The van der Waals surface area contributed by atoms with Crippen LogP contribution in [0.3, 0.4) is 0 Å². The molecule has 4 aliphatic rings. The minimum Gasteiger partial charge on any atom is -0.303 e. The summed E-state index contributed by atoms with van der Waals surface area (Å²) in [6.07, 6.45) is 6.28. The highest BCUT2D eigenvalue weighted by Gasteiger charge is 2.41. The van der Waals surface area contributed by atoms with E-state index in [1.807, 2.05) is 17.8 Å². The third kappa shape index (κ3) is 1.92. The van der Waals surface area contributed by atoms with Crippen LogP contribution in [-0.2, 0) is 13.5 Å². The van der Waals surface area contributed by atoms with E-state index < -0.39 is 0 Å². The molecule has 5 heteroatoms. The van der Waals surface area contributed by atoms with Gasteiger partial charge in [0.1, 0.15) is 0 Å². The second-order valence-electron chi connectivity index (χ2n) is 7.44. The van der Waals surface area contributed by atoms with Crippen LogP contribution in [0, 0.1) is 11.8 Å². The van der Waals surface area contributed by atoms with Crippen LogP contribution in [0.25, 0.3) is 10.9 Å². The molecule has 3 aliphatic heterocycles. The lowest BCUT2D eigenvalue weighted by Crippen LogP contribution is -2.50. The van der Waals surface area contributed by atoms with Gasteiger partial charge in [0.15, 0.2) is 0 Å². The lowest BCUT2D eigenvalue weighted by Gasteiger charge is -2.48. The molecule has 2 aromatic rings. The molecule has 120 valence electrons. The zero-order chi connectivity index (χ0) is 15.6. The van der Waals surface area contributed by atoms with Crippen molar-refractivity contribution in [2.24, 2.45) is 18.9 Å². The first kappa shape index (κ1) is 13.7. The van der Waals surface area contributed by atoms with E-state index in [2.05, 4.69) is 15.0 Å². The number of nitrogens with zero attached hydrogens (tertiary/aromatic N) is 4. The highest BCUT2D eigenvalue weighted by atomic mass is 16.1. The Balaban J connectivity index is 1.72. The molecule has 0 aromatic carbocycles. The topological polar surface area (TPSA) is 51.0 Å². The van der Waals surface area contributed by atoms with Crippen molar-refractivity contribution in [2.45, 2.75) is 31.6 Å². The summed E-state index contributed by atoms with van der Waals surface area (Å²) in [6.45, 7) is 3.64. The molecule has 2 bridgehead atoms. The molecule has 23 heavy (non-hydrogen) atoms. The van der Waals surface area contributed by atoms with Gasteiger partial charge in [-0.3, -0.25) is 9.48 Å². The minimum atomic E-state index is -0.0320. The number of aryl methyl sites for hydroxylation is 2. The first-order chi connectivity index (χ1) is 11.2. The van der Waals surface area contributed by atoms with Crippen molar-refractivity contribution in [1.29, 1.82) is 0 Å². The summed E-state index contributed by atoms with van der Waals surface area (Å²) < 4.78 is 1.91. The summed E-state index contributed by atoms with van der Waals surface area (Å²) in [5.74, 6) is 1.75. The first-order valence-electron chi connectivity index (χ1n) is 8.79. The van der Waals surface area contributed by atoms with Gasteiger partial charge in [-0.1, -0.05) is 0 Å². The van der Waals surface area contributed by atoms with Crippen LogP contribution in [0.5, 0.6) is 0 Å². The van der Waals surface area contributed by atoms with E-state index in [0.29, 0.717) is 11.8 Å². The maximum atomic E-state index is 12.8. The van der Waals surface area contributed by atoms with Crippen LogP contribution in [0.4, 0.5) is 0 Å². The van der Waals surface area contributed by atoms with Gasteiger partial charge < -0.3 is 4.90 Å². The average molecular weight is 310 g/mol. The number of piperidine rings is 3. The second kappa shape index (κ2) is 4.87. The molecule has 5 nitrogen and oxygen atoms in total. The molecule has 0 N–H and O–H groups in total. The Morgan fingerprint density at radius 2 is 2.04 bits per heavy atom. The highest BCUT2D eigenvalue weighted by molar-refractivity contribution is 5.85. The van der Waals surface area contributed by atoms with Gasteiger partial charge in [0.25, 0.3) is 5.56 Å². The molecule has 6 rings (SSSR count). The SMILES string of the molecule is Cn1nc2c3c(c(=O)nccc31)[C@H](C1CN3CCC1CC3)CC2. The van der Waals surface area contributed by atoms with E-state index in [0.717, 1.165) is 47.5 Å². The Bertz CT molecular complexity index is 835. The molecule has 3 fully saturated rings. The predicted molar refractivity (Wildman–Crippen MR) is 88.5 cm³/mol. The zero-order valence-electron chi connectivity index (χ0n) is 13.5. The largest absolute Gasteiger partial charge is 0.303 e. The lowest BCUT2D eigenvalue weighted by molar-refractivity contribution is 0.0345. The van der Waals surface area contributed by atoms with Gasteiger partial charge in [0.2, 0.25) is 0 Å². The summed E-state index contributed by atoms with van der Waals surface area (Å²) in [5, 5.41) is 5.76. The standard InChI is InChI=1S/C18H22N4O/c1-21-15-4-7-19-18(23)16-12(2-3-14(20-21)17(15)16)13-10-22-8-5-11(13)6-9-22/h4,7,11-13H,2-3,5-6,8-10H2,1H3/t12-,13?/m0/s1. The quantitative estimate of drug-likeness (QED) is 0.804. The van der Waals surface area contributed by atoms with Crippen LogP contribution < -0.4 is 5.56 Å². The Morgan fingerprint density at radius 3 is 2.78 bits per heavy atom. The number of rotatable bonds is 1. The monoisotopic (exact) mass is 310 g/mol. The molecular weight excluding hydrogens is 288 g/mol. The van der Waals surface area contributed by atoms with Crippen LogP contribution in [0.1, 0.15) is 36.4 Å². The van der Waals surface area contributed by atoms with Crippen LogP contribution in [0.15, 0.2) is 17.1 Å². The molecular formula is C18H22N4O. The first-order valence-corrected chi connectivity index (χ1v) is 8.79. The van der Waals surface area contributed by atoms with Gasteiger partial charge in [-0.2, -0.15) is 5.10 Å². The molecule has 3 saturated heterocycles. The van der Waals surface area contributed by atoms with E-state index >= 15 is 0 Å². The molecule has 0 spiro atoms. The Morgan fingerprint density at radius 1 is 1.22 bits per heavy atom. The van der Waals surface area contributed by atoms with E-state index in [9.17, 15) is 4.79 Å². The highest BCUT2D eigenvalue weighted by Crippen LogP contribution is 2.45. The van der Waals surface area contributed by atoms with E-state index in [-0.39, 0.29) is 5.56 Å². The number of hydrogen-bond donors (Lipinski definition) is 0. The van der Waals surface area contributed by atoms with Crippen molar-refractivity contribution in [3.05, 3.63) is 33.9 Å². The minimum absolute atomic E-state index is 0.0320. The molecule has 2 atom stereocenters. The molecule has 0 radical (unpaired) electrons. The fraction of sp³-hybridized carbons (Fsp3) is 0.611. The molecule has 2 aromatic heterocycles. The van der Waals surface area contributed by atoms with Crippen molar-refractivity contribution in [2.75, 3.05) is 19.6 Å². The third-order valence-electron chi connectivity index (χ3n) is 6.37. The molecule has 1 unspecified atom stereocenters. The molecule has 0 amide bonds. The summed E-state index contributed by atoms with van der Waals surface area (Å²) >= 11 is 0. The predicted octanol–water partition coefficient (Wildman–Crippen LogP) is 1.70. The lowest BCUT2D eigenvalue weighted by atomic mass is 9.67. The Hall–Kier alpha value is -1.75. The van der Waals surface area contributed by atoms with Crippen LogP contribution >= 0.6 is 0 Å². The smallest absolute Gasteiger partial charge is 0.273 e. The van der Waals surface area contributed by atoms with Crippen molar-refractivity contribution >= 4 is 10.9 Å². The van der Waals surface area contributed by atoms with Gasteiger partial charge in [0.05, 0.1) is 11.2 Å². The molecule has 5 heterocycles. The second-order valence-corrected chi connectivity index (χ2v) is 7.44. The fourth-order valence-electron chi connectivity index (χ4n) is 5.28. The van der Waals surface area contributed by atoms with E-state index in [1.54, 1.807) is 6.20 Å². The van der Waals surface area contributed by atoms with Crippen LogP contribution in [0.2, 0.25) is 0 Å². The maximum absolute atomic E-state index is 12.8. The summed E-state index contributed by atoms with van der Waals surface area (Å²) in [4.78, 5) is 19.5. The fourth-order valence-corrected chi connectivity index (χ4v) is 5.28. The van der Waals surface area contributed by atoms with Crippen molar-refractivity contribution < 1.29 is 0 Å². The molecule has 0 saturated carbocycles. The van der Waals surface area contributed by atoms with Gasteiger partial charge in [-0.15, -0.1) is 0 Å².